The van der Waals surface area contributed by atoms with Crippen LogP contribution < -0.4 is 5.32 Å². The summed E-state index contributed by atoms with van der Waals surface area (Å²) in [7, 11) is 0. The number of benzene rings is 2. The molecule has 172 valence electrons. The van der Waals surface area contributed by atoms with Gasteiger partial charge in [0.05, 0.1) is 17.6 Å². The van der Waals surface area contributed by atoms with Crippen LogP contribution in [-0.2, 0) is 14.3 Å². The SMILES string of the molecule is Cc1cc(C)c(-c2cc(NC(=O)COC(=O)/C=C\c3ccco3)n(-c3ccccc3)n2)cc1C. The number of aromatic nitrogens is 2. The van der Waals surface area contributed by atoms with Crippen LogP contribution in [-0.4, -0.2) is 28.3 Å². The minimum Gasteiger partial charge on any atom is -0.465 e. The van der Waals surface area contributed by atoms with Crippen LogP contribution >= 0.6 is 0 Å². The number of carbonyl (C=O) groups is 2. The van der Waals surface area contributed by atoms with E-state index in [4.69, 9.17) is 14.3 Å². The van der Waals surface area contributed by atoms with Gasteiger partial charge in [-0.05, 0) is 73.9 Å². The number of esters is 1. The summed E-state index contributed by atoms with van der Waals surface area (Å²) in [5, 5.41) is 7.57. The number of ether oxygens (including phenoxy) is 1. The van der Waals surface area contributed by atoms with Gasteiger partial charge in [-0.1, -0.05) is 24.3 Å². The molecule has 1 amide bonds. The predicted molar refractivity (Wildman–Crippen MR) is 131 cm³/mol. The highest BCUT2D eigenvalue weighted by atomic mass is 16.5. The second-order valence-corrected chi connectivity index (χ2v) is 7.92. The molecule has 0 aliphatic heterocycles. The minimum atomic E-state index is -0.644. The van der Waals surface area contributed by atoms with Gasteiger partial charge in [0, 0.05) is 17.7 Å². The first-order valence-corrected chi connectivity index (χ1v) is 10.8. The van der Waals surface area contributed by atoms with E-state index in [0.29, 0.717) is 11.6 Å². The Bertz CT molecular complexity index is 1340. The number of amides is 1. The van der Waals surface area contributed by atoms with Crippen molar-refractivity contribution in [2.24, 2.45) is 0 Å². The molecule has 0 atom stereocenters. The number of aryl methyl sites for hydroxylation is 3. The van der Waals surface area contributed by atoms with Gasteiger partial charge >= 0.3 is 5.97 Å². The zero-order valence-corrected chi connectivity index (χ0v) is 19.2. The Balaban J connectivity index is 1.54. The van der Waals surface area contributed by atoms with E-state index in [0.717, 1.165) is 28.1 Å². The molecule has 0 saturated heterocycles. The van der Waals surface area contributed by atoms with E-state index in [1.807, 2.05) is 43.3 Å². The van der Waals surface area contributed by atoms with Gasteiger partial charge in [0.25, 0.3) is 5.91 Å². The average molecular weight is 456 g/mol. The molecular formula is C27H25N3O4. The number of anilines is 1. The molecule has 2 aromatic heterocycles. The predicted octanol–water partition coefficient (Wildman–Crippen LogP) is 5.25. The molecule has 4 rings (SSSR count). The van der Waals surface area contributed by atoms with Gasteiger partial charge in [-0.15, -0.1) is 0 Å². The van der Waals surface area contributed by atoms with Crippen molar-refractivity contribution >= 4 is 23.8 Å². The van der Waals surface area contributed by atoms with Crippen molar-refractivity contribution in [2.75, 3.05) is 11.9 Å². The number of carbonyl (C=O) groups excluding carboxylic acids is 2. The highest BCUT2D eigenvalue weighted by Crippen LogP contribution is 2.29. The third kappa shape index (κ3) is 5.32. The van der Waals surface area contributed by atoms with Crippen LogP contribution in [0.15, 0.2) is 77.4 Å². The van der Waals surface area contributed by atoms with Crippen LogP contribution in [0.25, 0.3) is 23.0 Å². The van der Waals surface area contributed by atoms with Crippen LogP contribution in [0, 0.1) is 20.8 Å². The van der Waals surface area contributed by atoms with Crippen LogP contribution in [0.3, 0.4) is 0 Å². The molecule has 0 radical (unpaired) electrons. The monoisotopic (exact) mass is 455 g/mol. The summed E-state index contributed by atoms with van der Waals surface area (Å²) < 4.78 is 11.8. The molecular weight excluding hydrogens is 430 g/mol. The Hall–Kier alpha value is -4.39. The maximum atomic E-state index is 12.6. The zero-order chi connectivity index (χ0) is 24.1. The van der Waals surface area contributed by atoms with Gasteiger partial charge < -0.3 is 14.5 Å². The molecule has 7 heteroatoms. The van der Waals surface area contributed by atoms with Crippen molar-refractivity contribution in [1.82, 2.24) is 9.78 Å². The van der Waals surface area contributed by atoms with E-state index < -0.39 is 18.5 Å². The number of nitrogens with zero attached hydrogens (tertiary/aromatic N) is 2. The quantitative estimate of drug-likeness (QED) is 0.304. The van der Waals surface area contributed by atoms with Crippen LogP contribution in [0.1, 0.15) is 22.5 Å². The van der Waals surface area contributed by atoms with Crippen LogP contribution in [0.2, 0.25) is 0 Å². The van der Waals surface area contributed by atoms with Gasteiger partial charge in [-0.2, -0.15) is 5.10 Å². The molecule has 0 spiro atoms. The number of nitrogens with one attached hydrogen (secondary N) is 1. The van der Waals surface area contributed by atoms with Gasteiger partial charge in [0.1, 0.15) is 11.6 Å². The smallest absolute Gasteiger partial charge is 0.331 e. The fraction of sp³-hybridized carbons (Fsp3) is 0.148. The summed E-state index contributed by atoms with van der Waals surface area (Å²) in [6.07, 6.45) is 4.19. The lowest BCUT2D eigenvalue weighted by molar-refractivity contribution is -0.142. The minimum absolute atomic E-state index is 0.431. The maximum Gasteiger partial charge on any atom is 0.331 e. The first-order chi connectivity index (χ1) is 16.4. The van der Waals surface area contributed by atoms with Crippen molar-refractivity contribution in [1.29, 1.82) is 0 Å². The molecule has 0 bridgehead atoms. The Labute approximate surface area is 197 Å². The molecule has 1 N–H and O–H groups in total. The van der Waals surface area contributed by atoms with E-state index in [2.05, 4.69) is 31.3 Å². The van der Waals surface area contributed by atoms with Gasteiger partial charge in [-0.25, -0.2) is 9.48 Å². The Kier molecular flexibility index (Phi) is 6.73. The number of furan rings is 1. The summed E-state index contributed by atoms with van der Waals surface area (Å²) >= 11 is 0. The summed E-state index contributed by atoms with van der Waals surface area (Å²) in [5.74, 6) is -0.122. The van der Waals surface area contributed by atoms with Gasteiger partial charge in [-0.3, -0.25) is 4.79 Å². The average Bonchev–Trinajstić information content (AvgIpc) is 3.49. The van der Waals surface area contributed by atoms with Crippen molar-refractivity contribution in [2.45, 2.75) is 20.8 Å². The molecule has 0 fully saturated rings. The van der Waals surface area contributed by atoms with E-state index in [1.54, 1.807) is 16.8 Å². The highest BCUT2D eigenvalue weighted by molar-refractivity contribution is 5.94. The maximum absolute atomic E-state index is 12.6. The lowest BCUT2D eigenvalue weighted by Gasteiger charge is -2.09. The summed E-state index contributed by atoms with van der Waals surface area (Å²) in [6.45, 7) is 5.74. The first kappa shape index (κ1) is 22.8. The Morgan fingerprint density at radius 1 is 1.00 bits per heavy atom. The van der Waals surface area contributed by atoms with Crippen molar-refractivity contribution in [3.63, 3.8) is 0 Å². The molecule has 0 unspecified atom stereocenters. The zero-order valence-electron chi connectivity index (χ0n) is 19.2. The molecule has 7 nitrogen and oxygen atoms in total. The van der Waals surface area contributed by atoms with Crippen molar-refractivity contribution < 1.29 is 18.7 Å². The fourth-order valence-electron chi connectivity index (χ4n) is 3.50. The van der Waals surface area contributed by atoms with Gasteiger partial charge in [0.15, 0.2) is 6.61 Å². The highest BCUT2D eigenvalue weighted by Gasteiger charge is 2.16. The first-order valence-electron chi connectivity index (χ1n) is 10.8. The molecule has 2 aromatic carbocycles. The second kappa shape index (κ2) is 10.0. The molecule has 34 heavy (non-hydrogen) atoms. The second-order valence-electron chi connectivity index (χ2n) is 7.92. The van der Waals surface area contributed by atoms with E-state index in [1.165, 1.54) is 24.0 Å². The normalized spacial score (nSPS) is 11.0. The van der Waals surface area contributed by atoms with Crippen LogP contribution in [0.5, 0.6) is 0 Å². The van der Waals surface area contributed by atoms with E-state index >= 15 is 0 Å². The van der Waals surface area contributed by atoms with Crippen molar-refractivity contribution in [3.05, 3.63) is 95.5 Å². The summed E-state index contributed by atoms with van der Waals surface area (Å²) in [4.78, 5) is 24.5. The topological polar surface area (TPSA) is 86.4 Å². The Morgan fingerprint density at radius 3 is 2.50 bits per heavy atom. The number of hydrogen-bond acceptors (Lipinski definition) is 5. The fourth-order valence-corrected chi connectivity index (χ4v) is 3.50. The standard InChI is InChI=1S/C27H25N3O4/c1-18-14-20(3)23(15-19(18)2)24-16-25(30(29-24)21-8-5-4-6-9-21)28-26(31)17-34-27(32)12-11-22-10-7-13-33-22/h4-16H,17H2,1-3H3,(H,28,31)/b12-11-. The number of hydrogen-bond donors (Lipinski definition) is 1. The molecule has 2 heterocycles. The number of para-hydroxylation sites is 1. The van der Waals surface area contributed by atoms with Crippen LogP contribution in [0.4, 0.5) is 5.82 Å². The Morgan fingerprint density at radius 2 is 1.76 bits per heavy atom. The number of rotatable bonds is 7. The lowest BCUT2D eigenvalue weighted by Crippen LogP contribution is -2.21. The molecule has 4 aromatic rings. The molecule has 0 saturated carbocycles. The van der Waals surface area contributed by atoms with E-state index in [-0.39, 0.29) is 0 Å². The van der Waals surface area contributed by atoms with Gasteiger partial charge in [0.2, 0.25) is 0 Å². The van der Waals surface area contributed by atoms with E-state index in [9.17, 15) is 9.59 Å². The molecule has 0 aliphatic carbocycles. The summed E-state index contributed by atoms with van der Waals surface area (Å²) in [6, 6.07) is 19.0. The third-order valence-corrected chi connectivity index (χ3v) is 5.37. The lowest BCUT2D eigenvalue weighted by atomic mass is 9.99. The summed E-state index contributed by atoms with van der Waals surface area (Å²) in [5.41, 5.74) is 5.98. The van der Waals surface area contributed by atoms with Crippen molar-refractivity contribution in [3.8, 4) is 16.9 Å². The third-order valence-electron chi connectivity index (χ3n) is 5.37. The largest absolute Gasteiger partial charge is 0.465 e. The molecule has 0 aliphatic rings.